The summed E-state index contributed by atoms with van der Waals surface area (Å²) in [6.07, 6.45) is 8.55. The Bertz CT molecular complexity index is 582. The maximum absolute atomic E-state index is 11.7. The Hall–Kier alpha value is -1.88. The number of nitrogens with zero attached hydrogens (tertiary/aromatic N) is 3. The number of aromatic nitrogens is 3. The quantitative estimate of drug-likeness (QED) is 0.809. The van der Waals surface area contributed by atoms with Gasteiger partial charge in [-0.05, 0) is 25.3 Å². The summed E-state index contributed by atoms with van der Waals surface area (Å²) in [6, 6.07) is 5.10. The van der Waals surface area contributed by atoms with Gasteiger partial charge in [-0.25, -0.2) is 4.68 Å². The molecule has 94 valence electrons. The second-order valence-corrected chi connectivity index (χ2v) is 4.41. The van der Waals surface area contributed by atoms with Crippen molar-refractivity contribution in [3.63, 3.8) is 0 Å². The molecule has 1 unspecified atom stereocenters. The van der Waals surface area contributed by atoms with Crippen molar-refractivity contribution < 1.29 is 4.74 Å². The zero-order valence-corrected chi connectivity index (χ0v) is 10.0. The molecule has 1 aliphatic heterocycles. The third-order valence-electron chi connectivity index (χ3n) is 3.14. The fourth-order valence-electron chi connectivity index (χ4n) is 2.18. The van der Waals surface area contributed by atoms with Crippen molar-refractivity contribution in [3.05, 3.63) is 47.1 Å². The molecular weight excluding hydrogens is 230 g/mol. The molecule has 5 heteroatoms. The first-order valence-electron chi connectivity index (χ1n) is 6.18. The molecule has 1 saturated heterocycles. The molecule has 3 heterocycles. The summed E-state index contributed by atoms with van der Waals surface area (Å²) in [5, 5.41) is 4.29. The number of hydrogen-bond donors (Lipinski definition) is 0. The van der Waals surface area contributed by atoms with Gasteiger partial charge < -0.3 is 4.74 Å². The highest BCUT2D eigenvalue weighted by molar-refractivity contribution is 5.26. The highest BCUT2D eigenvalue weighted by Crippen LogP contribution is 2.22. The van der Waals surface area contributed by atoms with E-state index in [-0.39, 0.29) is 11.8 Å². The van der Waals surface area contributed by atoms with Crippen molar-refractivity contribution in [2.24, 2.45) is 0 Å². The standard InChI is InChI=1S/C13H15N3O2/c17-12-5-1-3-7-15(12)11-9-14-16(10-11)13-6-2-4-8-18-13/h1,3,5,7,9-10,13H,2,4,6,8H2. The first kappa shape index (κ1) is 11.2. The fourth-order valence-corrected chi connectivity index (χ4v) is 2.18. The summed E-state index contributed by atoms with van der Waals surface area (Å²) >= 11 is 0. The van der Waals surface area contributed by atoms with Crippen LogP contribution in [0.4, 0.5) is 0 Å². The van der Waals surface area contributed by atoms with E-state index in [1.165, 1.54) is 6.07 Å². The molecule has 2 aromatic rings. The Morgan fingerprint density at radius 3 is 3.06 bits per heavy atom. The predicted octanol–water partition coefficient (Wildman–Crippen LogP) is 1.73. The zero-order valence-electron chi connectivity index (χ0n) is 10.0. The molecule has 1 fully saturated rings. The van der Waals surface area contributed by atoms with Crippen LogP contribution in [0.5, 0.6) is 0 Å². The molecule has 1 atom stereocenters. The van der Waals surface area contributed by atoms with Gasteiger partial charge in [-0.15, -0.1) is 0 Å². The van der Waals surface area contributed by atoms with Gasteiger partial charge in [0, 0.05) is 18.9 Å². The smallest absolute Gasteiger partial charge is 0.255 e. The Morgan fingerprint density at radius 2 is 2.28 bits per heavy atom. The number of rotatable bonds is 2. The lowest BCUT2D eigenvalue weighted by atomic mass is 10.2. The van der Waals surface area contributed by atoms with Crippen LogP contribution in [0.3, 0.4) is 0 Å². The Kier molecular flexibility index (Phi) is 2.98. The van der Waals surface area contributed by atoms with E-state index in [4.69, 9.17) is 4.74 Å². The average Bonchev–Trinajstić information content (AvgIpc) is 2.90. The number of ether oxygens (including phenoxy) is 1. The van der Waals surface area contributed by atoms with Crippen LogP contribution in [-0.4, -0.2) is 21.0 Å². The Morgan fingerprint density at radius 1 is 1.33 bits per heavy atom. The van der Waals surface area contributed by atoms with Gasteiger partial charge in [0.2, 0.25) is 0 Å². The molecular formula is C13H15N3O2. The molecule has 0 radical (unpaired) electrons. The van der Waals surface area contributed by atoms with Gasteiger partial charge in [-0.1, -0.05) is 6.07 Å². The summed E-state index contributed by atoms with van der Waals surface area (Å²) < 4.78 is 9.03. The monoisotopic (exact) mass is 245 g/mol. The first-order valence-corrected chi connectivity index (χ1v) is 6.18. The van der Waals surface area contributed by atoms with Gasteiger partial charge in [0.1, 0.15) is 6.23 Å². The van der Waals surface area contributed by atoms with Crippen molar-refractivity contribution in [3.8, 4) is 5.69 Å². The molecule has 0 saturated carbocycles. The van der Waals surface area contributed by atoms with Crippen LogP contribution in [0.15, 0.2) is 41.6 Å². The molecule has 18 heavy (non-hydrogen) atoms. The largest absolute Gasteiger partial charge is 0.357 e. The molecule has 0 amide bonds. The van der Waals surface area contributed by atoms with Gasteiger partial charge in [0.15, 0.2) is 0 Å². The van der Waals surface area contributed by atoms with E-state index in [9.17, 15) is 4.79 Å². The lowest BCUT2D eigenvalue weighted by Crippen LogP contribution is -2.18. The van der Waals surface area contributed by atoms with Crippen molar-refractivity contribution in [2.45, 2.75) is 25.5 Å². The minimum atomic E-state index is -0.0541. The minimum absolute atomic E-state index is 0.00640. The zero-order chi connectivity index (χ0) is 12.4. The number of pyridine rings is 1. The second-order valence-electron chi connectivity index (χ2n) is 4.41. The van der Waals surface area contributed by atoms with Crippen LogP contribution in [0, 0.1) is 0 Å². The number of hydrogen-bond acceptors (Lipinski definition) is 3. The third kappa shape index (κ3) is 2.09. The molecule has 0 aliphatic carbocycles. The summed E-state index contributed by atoms with van der Waals surface area (Å²) in [7, 11) is 0. The molecule has 1 aliphatic rings. The molecule has 0 spiro atoms. The van der Waals surface area contributed by atoms with E-state index in [0.717, 1.165) is 31.6 Å². The van der Waals surface area contributed by atoms with Gasteiger partial charge in [0.05, 0.1) is 18.1 Å². The van der Waals surface area contributed by atoms with Crippen LogP contribution in [0.1, 0.15) is 25.5 Å². The van der Waals surface area contributed by atoms with Crippen LogP contribution in [0.2, 0.25) is 0 Å². The molecule has 0 N–H and O–H groups in total. The molecule has 0 bridgehead atoms. The van der Waals surface area contributed by atoms with Crippen molar-refractivity contribution in [1.29, 1.82) is 0 Å². The van der Waals surface area contributed by atoms with Gasteiger partial charge in [-0.3, -0.25) is 9.36 Å². The molecule has 5 nitrogen and oxygen atoms in total. The highest BCUT2D eigenvalue weighted by Gasteiger charge is 2.16. The van der Waals surface area contributed by atoms with Gasteiger partial charge in [-0.2, -0.15) is 5.10 Å². The third-order valence-corrected chi connectivity index (χ3v) is 3.14. The predicted molar refractivity (Wildman–Crippen MR) is 66.7 cm³/mol. The minimum Gasteiger partial charge on any atom is -0.357 e. The first-order chi connectivity index (χ1) is 8.84. The van der Waals surface area contributed by atoms with E-state index < -0.39 is 0 Å². The van der Waals surface area contributed by atoms with Crippen molar-refractivity contribution >= 4 is 0 Å². The van der Waals surface area contributed by atoms with E-state index in [1.807, 2.05) is 12.3 Å². The second kappa shape index (κ2) is 4.78. The summed E-state index contributed by atoms with van der Waals surface area (Å²) in [5.74, 6) is 0. The SMILES string of the molecule is O=c1ccccn1-c1cnn(C2CCCCO2)c1. The van der Waals surface area contributed by atoms with Gasteiger partial charge in [0.25, 0.3) is 5.56 Å². The maximum atomic E-state index is 11.7. The Labute approximate surface area is 105 Å². The van der Waals surface area contributed by atoms with Crippen LogP contribution in [0.25, 0.3) is 5.69 Å². The normalized spacial score (nSPS) is 19.9. The van der Waals surface area contributed by atoms with Crippen molar-refractivity contribution in [1.82, 2.24) is 14.3 Å². The molecule has 0 aromatic carbocycles. The van der Waals surface area contributed by atoms with Crippen LogP contribution in [-0.2, 0) is 4.74 Å². The lowest BCUT2D eigenvalue weighted by Gasteiger charge is -2.22. The maximum Gasteiger partial charge on any atom is 0.255 e. The van der Waals surface area contributed by atoms with Crippen molar-refractivity contribution in [2.75, 3.05) is 6.61 Å². The van der Waals surface area contributed by atoms with E-state index >= 15 is 0 Å². The highest BCUT2D eigenvalue weighted by atomic mass is 16.5. The van der Waals surface area contributed by atoms with Crippen LogP contribution < -0.4 is 5.56 Å². The summed E-state index contributed by atoms with van der Waals surface area (Å²) in [4.78, 5) is 11.7. The summed E-state index contributed by atoms with van der Waals surface area (Å²) in [6.45, 7) is 0.783. The molecule has 3 rings (SSSR count). The lowest BCUT2D eigenvalue weighted by molar-refractivity contribution is -0.0394. The average molecular weight is 245 g/mol. The molecule has 2 aromatic heterocycles. The van der Waals surface area contributed by atoms with Gasteiger partial charge >= 0.3 is 0 Å². The van der Waals surface area contributed by atoms with E-state index in [1.54, 1.807) is 27.7 Å². The van der Waals surface area contributed by atoms with E-state index in [2.05, 4.69) is 5.10 Å². The van der Waals surface area contributed by atoms with Crippen LogP contribution >= 0.6 is 0 Å². The summed E-state index contributed by atoms with van der Waals surface area (Å²) in [5.41, 5.74) is 0.719. The fraction of sp³-hybridized carbons (Fsp3) is 0.385. The van der Waals surface area contributed by atoms with E-state index in [0.29, 0.717) is 0 Å². The topological polar surface area (TPSA) is 49.0 Å². The Balaban J connectivity index is 1.89.